The average Bonchev–Trinajstić information content (AvgIpc) is 2.78. The van der Waals surface area contributed by atoms with Crippen molar-refractivity contribution in [3.63, 3.8) is 0 Å². The van der Waals surface area contributed by atoms with Crippen molar-refractivity contribution in [2.75, 3.05) is 0 Å². The van der Waals surface area contributed by atoms with Crippen molar-refractivity contribution in [3.05, 3.63) is 65.7 Å². The fourth-order valence-corrected chi connectivity index (χ4v) is 3.63. The SMILES string of the molecule is O=C1c2ccccc2O[C@H]2C[C@@H]1[C@@](O)(c1ccccc1)C2. The van der Waals surface area contributed by atoms with Crippen LogP contribution in [0.2, 0.25) is 0 Å². The number of aliphatic hydroxyl groups is 1. The Kier molecular flexibility index (Phi) is 2.66. The minimum absolute atomic E-state index is 0.0167. The molecular weight excluding hydrogens is 264 g/mol. The first-order chi connectivity index (χ1) is 10.2. The molecule has 21 heavy (non-hydrogen) atoms. The molecule has 0 unspecified atom stereocenters. The Labute approximate surface area is 123 Å². The van der Waals surface area contributed by atoms with Crippen molar-refractivity contribution < 1.29 is 14.6 Å². The molecule has 2 aromatic rings. The van der Waals surface area contributed by atoms with Gasteiger partial charge in [-0.05, 0) is 24.1 Å². The molecule has 0 amide bonds. The van der Waals surface area contributed by atoms with Crippen LogP contribution in [-0.4, -0.2) is 17.0 Å². The Morgan fingerprint density at radius 2 is 1.76 bits per heavy atom. The fourth-order valence-electron chi connectivity index (χ4n) is 3.63. The lowest BCUT2D eigenvalue weighted by atomic mass is 9.79. The van der Waals surface area contributed by atoms with E-state index < -0.39 is 11.5 Å². The van der Waals surface area contributed by atoms with Gasteiger partial charge in [-0.15, -0.1) is 0 Å². The van der Waals surface area contributed by atoms with E-state index in [9.17, 15) is 9.90 Å². The van der Waals surface area contributed by atoms with Crippen molar-refractivity contribution in [1.82, 2.24) is 0 Å². The molecule has 0 radical (unpaired) electrons. The van der Waals surface area contributed by atoms with Crippen molar-refractivity contribution >= 4 is 5.78 Å². The first-order valence-electron chi connectivity index (χ1n) is 7.26. The number of ketones is 1. The molecule has 1 aliphatic carbocycles. The van der Waals surface area contributed by atoms with Gasteiger partial charge >= 0.3 is 0 Å². The molecule has 1 saturated carbocycles. The van der Waals surface area contributed by atoms with Crippen LogP contribution in [-0.2, 0) is 5.60 Å². The van der Waals surface area contributed by atoms with Crippen molar-refractivity contribution in [1.29, 1.82) is 0 Å². The normalized spacial score (nSPS) is 30.4. The van der Waals surface area contributed by atoms with Crippen molar-refractivity contribution in [2.24, 2.45) is 5.92 Å². The third kappa shape index (κ3) is 1.81. The van der Waals surface area contributed by atoms with Crippen LogP contribution in [0, 0.1) is 5.92 Å². The second-order valence-corrected chi connectivity index (χ2v) is 5.88. The predicted molar refractivity (Wildman–Crippen MR) is 78.3 cm³/mol. The van der Waals surface area contributed by atoms with E-state index in [0.717, 1.165) is 5.56 Å². The molecule has 2 bridgehead atoms. The third-order valence-corrected chi connectivity index (χ3v) is 4.65. The topological polar surface area (TPSA) is 46.5 Å². The maximum absolute atomic E-state index is 12.8. The van der Waals surface area contributed by atoms with Crippen LogP contribution in [0.1, 0.15) is 28.8 Å². The van der Waals surface area contributed by atoms with Gasteiger partial charge in [0.05, 0.1) is 11.5 Å². The number of carbonyl (C=O) groups is 1. The number of fused-ring (bicyclic) bond motifs is 3. The van der Waals surface area contributed by atoms with E-state index in [2.05, 4.69) is 0 Å². The highest BCUT2D eigenvalue weighted by Crippen LogP contribution is 2.49. The second-order valence-electron chi connectivity index (χ2n) is 5.88. The molecule has 3 heteroatoms. The van der Waals surface area contributed by atoms with Gasteiger partial charge in [-0.3, -0.25) is 4.79 Å². The number of carbonyl (C=O) groups excluding carboxylic acids is 1. The lowest BCUT2D eigenvalue weighted by Crippen LogP contribution is -2.36. The Morgan fingerprint density at radius 3 is 2.57 bits per heavy atom. The van der Waals surface area contributed by atoms with Gasteiger partial charge in [-0.1, -0.05) is 42.5 Å². The zero-order valence-corrected chi connectivity index (χ0v) is 11.5. The molecule has 1 heterocycles. The van der Waals surface area contributed by atoms with Crippen LogP contribution in [0.15, 0.2) is 54.6 Å². The number of benzene rings is 2. The maximum atomic E-state index is 12.8. The monoisotopic (exact) mass is 280 g/mol. The minimum Gasteiger partial charge on any atom is -0.490 e. The van der Waals surface area contributed by atoms with Crippen LogP contribution in [0.5, 0.6) is 5.75 Å². The Bertz CT molecular complexity index is 695. The minimum atomic E-state index is -1.13. The highest BCUT2D eigenvalue weighted by Gasteiger charge is 2.53. The largest absolute Gasteiger partial charge is 0.490 e. The van der Waals surface area contributed by atoms with Gasteiger partial charge in [-0.25, -0.2) is 0 Å². The highest BCUT2D eigenvalue weighted by molar-refractivity contribution is 6.01. The fraction of sp³-hybridized carbons (Fsp3) is 0.278. The molecule has 1 N–H and O–H groups in total. The highest BCUT2D eigenvalue weighted by atomic mass is 16.5. The smallest absolute Gasteiger partial charge is 0.173 e. The Morgan fingerprint density at radius 1 is 1.05 bits per heavy atom. The van der Waals surface area contributed by atoms with Gasteiger partial charge in [-0.2, -0.15) is 0 Å². The molecule has 1 fully saturated rings. The van der Waals surface area contributed by atoms with Gasteiger partial charge < -0.3 is 9.84 Å². The summed E-state index contributed by atoms with van der Waals surface area (Å²) in [6.07, 6.45) is 0.911. The van der Waals surface area contributed by atoms with Gasteiger partial charge in [0.25, 0.3) is 0 Å². The number of ether oxygens (including phenoxy) is 1. The molecule has 2 aromatic carbocycles. The molecule has 0 saturated heterocycles. The van der Waals surface area contributed by atoms with E-state index >= 15 is 0 Å². The predicted octanol–water partition coefficient (Wildman–Crippen LogP) is 2.93. The van der Waals surface area contributed by atoms with E-state index in [1.54, 1.807) is 6.07 Å². The van der Waals surface area contributed by atoms with Gasteiger partial charge in [0.1, 0.15) is 17.5 Å². The lowest BCUT2D eigenvalue weighted by Gasteiger charge is -2.31. The van der Waals surface area contributed by atoms with E-state index in [1.807, 2.05) is 48.5 Å². The van der Waals surface area contributed by atoms with Gasteiger partial charge in [0, 0.05) is 6.42 Å². The standard InChI is InChI=1S/C18H16O3/c19-17-14-8-4-5-9-16(14)21-13-10-15(17)18(20,11-13)12-6-2-1-3-7-12/h1-9,13,15,20H,10-11H2/t13-,15-,18-/m0/s1. The summed E-state index contributed by atoms with van der Waals surface area (Å²) in [5.41, 5.74) is 0.254. The first-order valence-corrected chi connectivity index (χ1v) is 7.26. The summed E-state index contributed by atoms with van der Waals surface area (Å²) < 4.78 is 5.95. The maximum Gasteiger partial charge on any atom is 0.173 e. The number of para-hydroxylation sites is 1. The summed E-state index contributed by atoms with van der Waals surface area (Å²) >= 11 is 0. The van der Waals surface area contributed by atoms with Gasteiger partial charge in [0.15, 0.2) is 5.78 Å². The average molecular weight is 280 g/mol. The number of Topliss-reactive ketones (excluding diaryl/α,β-unsaturated/α-hetero) is 1. The molecule has 2 aliphatic rings. The molecule has 106 valence electrons. The molecule has 4 rings (SSSR count). The summed E-state index contributed by atoms with van der Waals surface area (Å²) in [5.74, 6) is 0.190. The Hall–Kier alpha value is -2.13. The molecule has 1 aliphatic heterocycles. The number of hydrogen-bond acceptors (Lipinski definition) is 3. The van der Waals surface area contributed by atoms with Crippen LogP contribution in [0.4, 0.5) is 0 Å². The molecule has 3 atom stereocenters. The zero-order chi connectivity index (χ0) is 14.4. The quantitative estimate of drug-likeness (QED) is 0.873. The number of hydrogen-bond donors (Lipinski definition) is 1. The zero-order valence-electron chi connectivity index (χ0n) is 11.5. The van der Waals surface area contributed by atoms with E-state index in [1.165, 1.54) is 0 Å². The van der Waals surface area contributed by atoms with Gasteiger partial charge in [0.2, 0.25) is 0 Å². The van der Waals surface area contributed by atoms with Crippen LogP contribution in [0.3, 0.4) is 0 Å². The number of rotatable bonds is 1. The summed E-state index contributed by atoms with van der Waals surface area (Å²) in [6.45, 7) is 0. The summed E-state index contributed by atoms with van der Waals surface area (Å²) in [7, 11) is 0. The molecule has 3 nitrogen and oxygen atoms in total. The van der Waals surface area contributed by atoms with E-state index in [4.69, 9.17) is 4.74 Å². The summed E-state index contributed by atoms with van der Waals surface area (Å²) in [4.78, 5) is 12.8. The van der Waals surface area contributed by atoms with Crippen molar-refractivity contribution in [2.45, 2.75) is 24.5 Å². The van der Waals surface area contributed by atoms with Crippen LogP contribution in [0.25, 0.3) is 0 Å². The van der Waals surface area contributed by atoms with Crippen molar-refractivity contribution in [3.8, 4) is 5.75 Å². The Balaban J connectivity index is 1.82. The van der Waals surface area contributed by atoms with Crippen LogP contribution < -0.4 is 4.74 Å². The third-order valence-electron chi connectivity index (χ3n) is 4.65. The lowest BCUT2D eigenvalue weighted by molar-refractivity contribution is -0.00368. The first kappa shape index (κ1) is 12.6. The van der Waals surface area contributed by atoms with E-state index in [-0.39, 0.29) is 11.9 Å². The van der Waals surface area contributed by atoms with E-state index in [0.29, 0.717) is 24.2 Å². The summed E-state index contributed by atoms with van der Waals surface area (Å²) in [5, 5.41) is 11.2. The van der Waals surface area contributed by atoms with Crippen LogP contribution >= 0.6 is 0 Å². The second kappa shape index (κ2) is 4.43. The molecular formula is C18H16O3. The molecule has 0 spiro atoms. The summed E-state index contributed by atoms with van der Waals surface area (Å²) in [6, 6.07) is 16.8. The molecule has 0 aromatic heterocycles.